The van der Waals surface area contributed by atoms with Gasteiger partial charge in [0, 0.05) is 23.4 Å². The number of hydrogen-bond acceptors (Lipinski definition) is 3. The Labute approximate surface area is 113 Å². The van der Waals surface area contributed by atoms with Gasteiger partial charge in [0.1, 0.15) is 5.75 Å². The highest BCUT2D eigenvalue weighted by molar-refractivity contribution is 9.10. The molecule has 5 heteroatoms. The van der Waals surface area contributed by atoms with E-state index >= 15 is 0 Å². The predicted octanol–water partition coefficient (Wildman–Crippen LogP) is 2.48. The zero-order valence-electron chi connectivity index (χ0n) is 9.43. The number of aromatic nitrogens is 1. The van der Waals surface area contributed by atoms with Crippen LogP contribution in [0.5, 0.6) is 5.75 Å². The second-order valence-electron chi connectivity index (χ2n) is 3.71. The summed E-state index contributed by atoms with van der Waals surface area (Å²) < 4.78 is 0.726. The first-order valence-corrected chi connectivity index (χ1v) is 6.12. The SMILES string of the molecule is O=C(NCc1cccnc1)c1ccc(Br)cc1O. The lowest BCUT2D eigenvalue weighted by atomic mass is 10.2. The molecule has 0 saturated heterocycles. The molecule has 92 valence electrons. The van der Waals surface area contributed by atoms with Crippen LogP contribution in [0.3, 0.4) is 0 Å². The maximum atomic E-state index is 11.8. The van der Waals surface area contributed by atoms with Crippen molar-refractivity contribution in [3.63, 3.8) is 0 Å². The van der Waals surface area contributed by atoms with Gasteiger partial charge in [-0.15, -0.1) is 0 Å². The number of aromatic hydroxyl groups is 1. The topological polar surface area (TPSA) is 62.2 Å². The van der Waals surface area contributed by atoms with Crippen LogP contribution < -0.4 is 5.32 Å². The average molecular weight is 307 g/mol. The van der Waals surface area contributed by atoms with Gasteiger partial charge in [0.15, 0.2) is 0 Å². The summed E-state index contributed by atoms with van der Waals surface area (Å²) in [6, 6.07) is 8.43. The van der Waals surface area contributed by atoms with Crippen molar-refractivity contribution in [2.45, 2.75) is 6.54 Å². The highest BCUT2D eigenvalue weighted by atomic mass is 79.9. The van der Waals surface area contributed by atoms with E-state index < -0.39 is 0 Å². The van der Waals surface area contributed by atoms with Gasteiger partial charge in [0.25, 0.3) is 5.91 Å². The van der Waals surface area contributed by atoms with E-state index in [1.807, 2.05) is 6.07 Å². The van der Waals surface area contributed by atoms with Crippen LogP contribution in [0.1, 0.15) is 15.9 Å². The number of phenols is 1. The van der Waals surface area contributed by atoms with Crippen LogP contribution in [-0.4, -0.2) is 16.0 Å². The molecule has 1 aromatic carbocycles. The Kier molecular flexibility index (Phi) is 3.94. The highest BCUT2D eigenvalue weighted by Crippen LogP contribution is 2.22. The van der Waals surface area contributed by atoms with E-state index in [1.54, 1.807) is 30.6 Å². The molecule has 2 rings (SSSR count). The van der Waals surface area contributed by atoms with Crippen molar-refractivity contribution in [3.05, 3.63) is 58.3 Å². The summed E-state index contributed by atoms with van der Waals surface area (Å²) in [6.07, 6.45) is 3.35. The molecule has 4 nitrogen and oxygen atoms in total. The third kappa shape index (κ3) is 3.07. The summed E-state index contributed by atoms with van der Waals surface area (Å²) in [6.45, 7) is 0.377. The molecule has 0 saturated carbocycles. The van der Waals surface area contributed by atoms with Crippen LogP contribution in [0.25, 0.3) is 0 Å². The van der Waals surface area contributed by atoms with Crippen molar-refractivity contribution in [1.29, 1.82) is 0 Å². The van der Waals surface area contributed by atoms with E-state index in [1.165, 1.54) is 6.07 Å². The minimum atomic E-state index is -0.316. The molecule has 0 fully saturated rings. The molecule has 0 bridgehead atoms. The molecular weight excluding hydrogens is 296 g/mol. The van der Waals surface area contributed by atoms with Gasteiger partial charge in [-0.25, -0.2) is 0 Å². The fourth-order valence-corrected chi connectivity index (χ4v) is 1.83. The van der Waals surface area contributed by atoms with E-state index in [0.29, 0.717) is 6.54 Å². The Hall–Kier alpha value is -1.88. The Balaban J connectivity index is 2.04. The number of carbonyl (C=O) groups excluding carboxylic acids is 1. The van der Waals surface area contributed by atoms with E-state index in [-0.39, 0.29) is 17.2 Å². The third-order valence-corrected chi connectivity index (χ3v) is 2.87. The van der Waals surface area contributed by atoms with Gasteiger partial charge < -0.3 is 10.4 Å². The molecular formula is C13H11BrN2O2. The number of nitrogens with zero attached hydrogens (tertiary/aromatic N) is 1. The first-order valence-electron chi connectivity index (χ1n) is 5.32. The molecule has 0 aliphatic carbocycles. The largest absolute Gasteiger partial charge is 0.507 e. The molecule has 1 heterocycles. The molecule has 2 aromatic rings. The lowest BCUT2D eigenvalue weighted by molar-refractivity contribution is 0.0948. The smallest absolute Gasteiger partial charge is 0.255 e. The number of phenolic OH excluding ortho intramolecular Hbond substituents is 1. The second kappa shape index (κ2) is 5.64. The number of halogens is 1. The number of hydrogen-bond donors (Lipinski definition) is 2. The Morgan fingerprint density at radius 3 is 2.89 bits per heavy atom. The predicted molar refractivity (Wildman–Crippen MR) is 71.2 cm³/mol. The highest BCUT2D eigenvalue weighted by Gasteiger charge is 2.10. The molecule has 0 radical (unpaired) electrons. The number of carbonyl (C=O) groups is 1. The van der Waals surface area contributed by atoms with Gasteiger partial charge in [0.2, 0.25) is 0 Å². The molecule has 0 spiro atoms. The number of rotatable bonds is 3. The summed E-state index contributed by atoms with van der Waals surface area (Å²) in [5.41, 5.74) is 1.16. The molecule has 0 aliphatic rings. The minimum absolute atomic E-state index is 0.0481. The first-order chi connectivity index (χ1) is 8.66. The second-order valence-corrected chi connectivity index (χ2v) is 4.62. The molecule has 1 amide bonds. The maximum absolute atomic E-state index is 11.8. The van der Waals surface area contributed by atoms with Crippen LogP contribution in [0.4, 0.5) is 0 Å². The number of nitrogens with one attached hydrogen (secondary N) is 1. The maximum Gasteiger partial charge on any atom is 0.255 e. The van der Waals surface area contributed by atoms with E-state index in [0.717, 1.165) is 10.0 Å². The van der Waals surface area contributed by atoms with Gasteiger partial charge in [-0.05, 0) is 29.8 Å². The fourth-order valence-electron chi connectivity index (χ4n) is 1.48. The van der Waals surface area contributed by atoms with E-state index in [9.17, 15) is 9.90 Å². The number of amides is 1. The zero-order chi connectivity index (χ0) is 13.0. The van der Waals surface area contributed by atoms with Crippen LogP contribution in [0.2, 0.25) is 0 Å². The summed E-state index contributed by atoms with van der Waals surface area (Å²) >= 11 is 3.22. The molecule has 0 aliphatic heterocycles. The molecule has 2 N–H and O–H groups in total. The van der Waals surface area contributed by atoms with Crippen molar-refractivity contribution < 1.29 is 9.90 Å². The van der Waals surface area contributed by atoms with Gasteiger partial charge in [0.05, 0.1) is 5.56 Å². The summed E-state index contributed by atoms with van der Waals surface area (Å²) in [4.78, 5) is 15.8. The fraction of sp³-hybridized carbons (Fsp3) is 0.0769. The summed E-state index contributed by atoms with van der Waals surface area (Å²) in [5, 5.41) is 12.4. The van der Waals surface area contributed by atoms with Crippen LogP contribution in [-0.2, 0) is 6.54 Å². The third-order valence-electron chi connectivity index (χ3n) is 2.38. The van der Waals surface area contributed by atoms with E-state index in [2.05, 4.69) is 26.2 Å². The Bertz CT molecular complexity index is 558. The van der Waals surface area contributed by atoms with Crippen molar-refractivity contribution in [2.75, 3.05) is 0 Å². The van der Waals surface area contributed by atoms with Gasteiger partial charge in [-0.3, -0.25) is 9.78 Å². The standard InChI is InChI=1S/C13H11BrN2O2/c14-10-3-4-11(12(17)6-10)13(18)16-8-9-2-1-5-15-7-9/h1-7,17H,8H2,(H,16,18). The van der Waals surface area contributed by atoms with E-state index in [4.69, 9.17) is 0 Å². The Morgan fingerprint density at radius 2 is 2.22 bits per heavy atom. The van der Waals surface area contributed by atoms with Crippen molar-refractivity contribution >= 4 is 21.8 Å². The number of pyridine rings is 1. The lowest BCUT2D eigenvalue weighted by Gasteiger charge is -2.07. The van der Waals surface area contributed by atoms with Crippen molar-refractivity contribution in [3.8, 4) is 5.75 Å². The molecule has 1 aromatic heterocycles. The average Bonchev–Trinajstić information content (AvgIpc) is 2.37. The number of benzene rings is 1. The van der Waals surface area contributed by atoms with Crippen LogP contribution in [0, 0.1) is 0 Å². The normalized spacial score (nSPS) is 10.1. The van der Waals surface area contributed by atoms with Gasteiger partial charge >= 0.3 is 0 Å². The van der Waals surface area contributed by atoms with Gasteiger partial charge in [-0.2, -0.15) is 0 Å². The van der Waals surface area contributed by atoms with Crippen molar-refractivity contribution in [2.24, 2.45) is 0 Å². The van der Waals surface area contributed by atoms with Crippen LogP contribution >= 0.6 is 15.9 Å². The molecule has 0 unspecified atom stereocenters. The molecule has 18 heavy (non-hydrogen) atoms. The van der Waals surface area contributed by atoms with Crippen molar-refractivity contribution in [1.82, 2.24) is 10.3 Å². The minimum Gasteiger partial charge on any atom is -0.507 e. The van der Waals surface area contributed by atoms with Crippen LogP contribution in [0.15, 0.2) is 47.2 Å². The molecule has 0 atom stereocenters. The quantitative estimate of drug-likeness (QED) is 0.916. The van der Waals surface area contributed by atoms with Gasteiger partial charge in [-0.1, -0.05) is 22.0 Å². The Morgan fingerprint density at radius 1 is 1.39 bits per heavy atom. The lowest BCUT2D eigenvalue weighted by Crippen LogP contribution is -2.22. The zero-order valence-corrected chi connectivity index (χ0v) is 11.0. The monoisotopic (exact) mass is 306 g/mol. The summed E-state index contributed by atoms with van der Waals surface area (Å²) in [5.74, 6) is -0.364. The summed E-state index contributed by atoms with van der Waals surface area (Å²) in [7, 11) is 0. The first kappa shape index (κ1) is 12.6.